The molecule has 0 unspecified atom stereocenters. The van der Waals surface area contributed by atoms with Crippen LogP contribution in [0.3, 0.4) is 0 Å². The zero-order chi connectivity index (χ0) is 15.1. The summed E-state index contributed by atoms with van der Waals surface area (Å²) in [6, 6.07) is 3.53. The molecule has 0 radical (unpaired) electrons. The predicted octanol–water partition coefficient (Wildman–Crippen LogP) is 3.13. The van der Waals surface area contributed by atoms with Crippen LogP contribution in [0.25, 0.3) is 5.69 Å². The van der Waals surface area contributed by atoms with Gasteiger partial charge >= 0.3 is 6.18 Å². The molecule has 0 bridgehead atoms. The average molecular weight is 305 g/mol. The molecule has 4 nitrogen and oxygen atoms in total. The fourth-order valence-corrected chi connectivity index (χ4v) is 1.78. The predicted molar refractivity (Wildman–Crippen MR) is 68.6 cm³/mol. The second kappa shape index (κ2) is 4.75. The number of hydrogen-bond donors (Lipinski definition) is 1. The Labute approximate surface area is 118 Å². The Bertz CT molecular complexity index is 628. The van der Waals surface area contributed by atoms with Gasteiger partial charge in [0.05, 0.1) is 28.0 Å². The highest BCUT2D eigenvalue weighted by Gasteiger charge is 2.33. The fourth-order valence-electron chi connectivity index (χ4n) is 1.56. The van der Waals surface area contributed by atoms with Gasteiger partial charge in [-0.1, -0.05) is 16.8 Å². The number of alkyl halides is 3. The van der Waals surface area contributed by atoms with Gasteiger partial charge in [0.25, 0.3) is 0 Å². The Balaban J connectivity index is 2.47. The maximum absolute atomic E-state index is 12.8. The number of halogens is 4. The normalized spacial score (nSPS) is 12.8. The third-order valence-electron chi connectivity index (χ3n) is 2.67. The Morgan fingerprint density at radius 3 is 2.40 bits per heavy atom. The number of aromatic nitrogens is 3. The third kappa shape index (κ3) is 2.94. The molecule has 0 spiro atoms. The summed E-state index contributed by atoms with van der Waals surface area (Å²) in [5, 5.41) is 7.27. The highest BCUT2D eigenvalue weighted by atomic mass is 35.5. The molecule has 1 aromatic carbocycles. The topological polar surface area (TPSA) is 56.7 Å². The molecule has 0 aliphatic carbocycles. The summed E-state index contributed by atoms with van der Waals surface area (Å²) in [6.07, 6.45) is -3.03. The van der Waals surface area contributed by atoms with Crippen molar-refractivity contribution in [3.63, 3.8) is 0 Å². The van der Waals surface area contributed by atoms with E-state index in [1.165, 1.54) is 23.0 Å². The van der Waals surface area contributed by atoms with E-state index in [2.05, 4.69) is 10.3 Å². The SMILES string of the molecule is CC(C)(N)c1cn(-c2ccc(Cl)c(C(F)(F)F)c2)nn1. The summed E-state index contributed by atoms with van der Waals surface area (Å²) in [7, 11) is 0. The molecule has 1 aromatic heterocycles. The van der Waals surface area contributed by atoms with Crippen molar-refractivity contribution in [1.82, 2.24) is 15.0 Å². The van der Waals surface area contributed by atoms with Crippen molar-refractivity contribution < 1.29 is 13.2 Å². The van der Waals surface area contributed by atoms with Crippen LogP contribution >= 0.6 is 11.6 Å². The van der Waals surface area contributed by atoms with E-state index >= 15 is 0 Å². The number of nitrogens with zero attached hydrogens (tertiary/aromatic N) is 3. The summed E-state index contributed by atoms with van der Waals surface area (Å²) >= 11 is 5.56. The first-order valence-corrected chi connectivity index (χ1v) is 6.05. The van der Waals surface area contributed by atoms with E-state index in [1.54, 1.807) is 13.8 Å². The van der Waals surface area contributed by atoms with Crippen LogP contribution < -0.4 is 5.73 Å². The molecular formula is C12H12ClF3N4. The van der Waals surface area contributed by atoms with Crippen molar-refractivity contribution in [2.24, 2.45) is 5.73 Å². The second-order valence-electron chi connectivity index (χ2n) is 4.93. The maximum atomic E-state index is 12.8. The lowest BCUT2D eigenvalue weighted by atomic mass is 10.0. The zero-order valence-corrected chi connectivity index (χ0v) is 11.5. The van der Waals surface area contributed by atoms with E-state index in [4.69, 9.17) is 17.3 Å². The minimum absolute atomic E-state index is 0.213. The van der Waals surface area contributed by atoms with Crippen LogP contribution in [0.5, 0.6) is 0 Å². The van der Waals surface area contributed by atoms with Crippen molar-refractivity contribution in [3.05, 3.63) is 40.7 Å². The van der Waals surface area contributed by atoms with Gasteiger partial charge in [-0.05, 0) is 32.0 Å². The third-order valence-corrected chi connectivity index (χ3v) is 3.00. The molecule has 0 aliphatic heterocycles. The minimum Gasteiger partial charge on any atom is -0.320 e. The van der Waals surface area contributed by atoms with Crippen LogP contribution in [0, 0.1) is 0 Å². The number of rotatable bonds is 2. The van der Waals surface area contributed by atoms with Crippen LogP contribution in [0.2, 0.25) is 5.02 Å². The summed E-state index contributed by atoms with van der Waals surface area (Å²) in [4.78, 5) is 0. The molecule has 8 heteroatoms. The first-order chi connectivity index (χ1) is 9.09. The van der Waals surface area contributed by atoms with Gasteiger partial charge in [0, 0.05) is 0 Å². The number of benzene rings is 1. The molecule has 2 N–H and O–H groups in total. The summed E-state index contributed by atoms with van der Waals surface area (Å²) in [5.74, 6) is 0. The van der Waals surface area contributed by atoms with Gasteiger partial charge < -0.3 is 5.73 Å². The van der Waals surface area contributed by atoms with Crippen molar-refractivity contribution in [2.75, 3.05) is 0 Å². The second-order valence-corrected chi connectivity index (χ2v) is 5.34. The first-order valence-electron chi connectivity index (χ1n) is 5.68. The molecule has 20 heavy (non-hydrogen) atoms. The average Bonchev–Trinajstić information content (AvgIpc) is 2.77. The lowest BCUT2D eigenvalue weighted by Gasteiger charge is -2.13. The first kappa shape index (κ1) is 14.8. The lowest BCUT2D eigenvalue weighted by molar-refractivity contribution is -0.137. The van der Waals surface area contributed by atoms with Crippen LogP contribution in [-0.2, 0) is 11.7 Å². The van der Waals surface area contributed by atoms with Gasteiger partial charge in [-0.15, -0.1) is 5.10 Å². The maximum Gasteiger partial charge on any atom is 0.417 e. The van der Waals surface area contributed by atoms with Crippen molar-refractivity contribution >= 4 is 11.6 Å². The Kier molecular flexibility index (Phi) is 3.51. The molecule has 2 rings (SSSR count). The van der Waals surface area contributed by atoms with Crippen molar-refractivity contribution in [1.29, 1.82) is 0 Å². The summed E-state index contributed by atoms with van der Waals surface area (Å²) < 4.78 is 39.6. The van der Waals surface area contributed by atoms with Crippen LogP contribution in [0.15, 0.2) is 24.4 Å². The summed E-state index contributed by atoms with van der Waals surface area (Å²) in [6.45, 7) is 3.45. The van der Waals surface area contributed by atoms with E-state index in [9.17, 15) is 13.2 Å². The van der Waals surface area contributed by atoms with Gasteiger partial charge in [0.15, 0.2) is 0 Å². The molecule has 0 aliphatic rings. The molecule has 1 heterocycles. The summed E-state index contributed by atoms with van der Waals surface area (Å²) in [5.41, 5.74) is 4.90. The monoisotopic (exact) mass is 304 g/mol. The highest BCUT2D eigenvalue weighted by molar-refractivity contribution is 6.31. The lowest BCUT2D eigenvalue weighted by Crippen LogP contribution is -2.29. The molecule has 2 aromatic rings. The molecule has 0 amide bonds. The van der Waals surface area contributed by atoms with Gasteiger partial charge in [0.1, 0.15) is 5.69 Å². The Hall–Kier alpha value is -1.60. The number of nitrogens with two attached hydrogens (primary N) is 1. The van der Waals surface area contributed by atoms with E-state index in [-0.39, 0.29) is 10.7 Å². The largest absolute Gasteiger partial charge is 0.417 e. The number of hydrogen-bond acceptors (Lipinski definition) is 3. The smallest absolute Gasteiger partial charge is 0.320 e. The standard InChI is InChI=1S/C12H12ClF3N4/c1-11(2,17)10-6-20(19-18-10)7-3-4-9(13)8(5-7)12(14,15)16/h3-6H,17H2,1-2H3. The van der Waals surface area contributed by atoms with E-state index in [1.807, 2.05) is 0 Å². The molecule has 0 atom stereocenters. The van der Waals surface area contributed by atoms with E-state index in [0.717, 1.165) is 6.07 Å². The van der Waals surface area contributed by atoms with E-state index in [0.29, 0.717) is 5.69 Å². The van der Waals surface area contributed by atoms with Gasteiger partial charge in [-0.3, -0.25) is 0 Å². The van der Waals surface area contributed by atoms with Gasteiger partial charge in [0.2, 0.25) is 0 Å². The van der Waals surface area contributed by atoms with Crippen LogP contribution in [0.1, 0.15) is 25.1 Å². The molecule has 108 valence electrons. The minimum atomic E-state index is -4.52. The zero-order valence-electron chi connectivity index (χ0n) is 10.7. The molecular weight excluding hydrogens is 293 g/mol. The Morgan fingerprint density at radius 1 is 1.25 bits per heavy atom. The highest BCUT2D eigenvalue weighted by Crippen LogP contribution is 2.35. The van der Waals surface area contributed by atoms with Crippen LogP contribution in [0.4, 0.5) is 13.2 Å². The van der Waals surface area contributed by atoms with Crippen molar-refractivity contribution in [3.8, 4) is 5.69 Å². The van der Waals surface area contributed by atoms with Gasteiger partial charge in [-0.2, -0.15) is 13.2 Å². The molecule has 0 fully saturated rings. The quantitative estimate of drug-likeness (QED) is 0.927. The Morgan fingerprint density at radius 2 is 1.90 bits per heavy atom. The van der Waals surface area contributed by atoms with Crippen LogP contribution in [-0.4, -0.2) is 15.0 Å². The molecule has 0 saturated carbocycles. The van der Waals surface area contributed by atoms with E-state index < -0.39 is 17.3 Å². The van der Waals surface area contributed by atoms with Crippen molar-refractivity contribution in [2.45, 2.75) is 25.6 Å². The molecule has 0 saturated heterocycles. The van der Waals surface area contributed by atoms with Gasteiger partial charge in [-0.25, -0.2) is 4.68 Å². The fraction of sp³-hybridized carbons (Fsp3) is 0.333.